The number of unbranched alkanes of at least 4 members (excludes halogenated alkanes) is 3. The molecule has 0 aromatic heterocycles. The van der Waals surface area contributed by atoms with E-state index in [-0.39, 0.29) is 41.0 Å². The van der Waals surface area contributed by atoms with E-state index in [4.69, 9.17) is 0 Å². The lowest BCUT2D eigenvalue weighted by molar-refractivity contribution is -0.145. The number of phenols is 1. The summed E-state index contributed by atoms with van der Waals surface area (Å²) in [5.41, 5.74) is 3.97. The van der Waals surface area contributed by atoms with Crippen molar-refractivity contribution in [3.8, 4) is 5.75 Å². The standard InChI is InChI=1S/C32H46N2O4S/c1-31(2,3)25-18-24(19-26(30(25)37)32(4,5)6)16-10-7-8-13-17-33-27(35)21-34-28(36)20-29(34)39(38)22-23-14-11-9-12-15-23/h9,11-12,14-15,18-19,29,37H,7-8,10,13,16-17,20-22H2,1-6H3,(H,33,35). The largest absolute Gasteiger partial charge is 0.614 e. The van der Waals surface area contributed by atoms with E-state index in [1.165, 1.54) is 10.5 Å². The fraction of sp³-hybridized carbons (Fsp3) is 0.562. The minimum atomic E-state index is -1.23. The Bertz CT molecular complexity index is 1090. The summed E-state index contributed by atoms with van der Waals surface area (Å²) in [5, 5.41) is 13.4. The molecule has 2 N–H and O–H groups in total. The highest BCUT2D eigenvalue weighted by molar-refractivity contribution is 7.91. The summed E-state index contributed by atoms with van der Waals surface area (Å²) < 4.78 is 12.7. The molecule has 1 aliphatic heterocycles. The molecule has 0 saturated carbocycles. The molecule has 1 aliphatic rings. The van der Waals surface area contributed by atoms with Gasteiger partial charge in [0.15, 0.2) is 5.37 Å². The Labute approximate surface area is 237 Å². The minimum Gasteiger partial charge on any atom is -0.614 e. The first-order chi connectivity index (χ1) is 18.3. The van der Waals surface area contributed by atoms with E-state index in [1.807, 2.05) is 30.3 Å². The van der Waals surface area contributed by atoms with Gasteiger partial charge in [0.05, 0.1) is 6.42 Å². The van der Waals surface area contributed by atoms with Crippen molar-refractivity contribution in [1.29, 1.82) is 0 Å². The van der Waals surface area contributed by atoms with Crippen molar-refractivity contribution < 1.29 is 19.2 Å². The Kier molecular flexibility index (Phi) is 10.5. The molecule has 2 atom stereocenters. The van der Waals surface area contributed by atoms with Gasteiger partial charge in [-0.05, 0) is 58.0 Å². The van der Waals surface area contributed by atoms with Gasteiger partial charge in [0.2, 0.25) is 11.8 Å². The molecule has 0 aliphatic carbocycles. The molecule has 7 heteroatoms. The van der Waals surface area contributed by atoms with Crippen molar-refractivity contribution >= 4 is 23.0 Å². The average Bonchev–Trinajstić information content (AvgIpc) is 2.85. The third kappa shape index (κ3) is 8.74. The molecule has 6 nitrogen and oxygen atoms in total. The van der Waals surface area contributed by atoms with Crippen molar-refractivity contribution in [2.24, 2.45) is 0 Å². The Balaban J connectivity index is 1.38. The van der Waals surface area contributed by atoms with Gasteiger partial charge in [-0.15, -0.1) is 0 Å². The molecule has 2 unspecified atom stereocenters. The van der Waals surface area contributed by atoms with E-state index in [9.17, 15) is 19.2 Å². The number of benzene rings is 2. The van der Waals surface area contributed by atoms with Crippen LogP contribution >= 0.6 is 0 Å². The number of likely N-dealkylation sites (tertiary alicyclic amines) is 1. The van der Waals surface area contributed by atoms with Crippen molar-refractivity contribution in [3.63, 3.8) is 0 Å². The highest BCUT2D eigenvalue weighted by Gasteiger charge is 2.45. The van der Waals surface area contributed by atoms with Crippen LogP contribution in [0.15, 0.2) is 42.5 Å². The van der Waals surface area contributed by atoms with Crippen molar-refractivity contribution in [3.05, 3.63) is 64.7 Å². The minimum absolute atomic E-state index is 0.0307. The van der Waals surface area contributed by atoms with Crippen LogP contribution in [0.4, 0.5) is 0 Å². The van der Waals surface area contributed by atoms with E-state index >= 15 is 0 Å². The van der Waals surface area contributed by atoms with Crippen molar-refractivity contribution in [1.82, 2.24) is 10.2 Å². The molecule has 214 valence electrons. The molecule has 0 bridgehead atoms. The van der Waals surface area contributed by atoms with Gasteiger partial charge in [-0.1, -0.05) is 96.8 Å². The monoisotopic (exact) mass is 554 g/mol. The second-order valence-corrected chi connectivity index (χ2v) is 14.3. The molecule has 0 radical (unpaired) electrons. The van der Waals surface area contributed by atoms with E-state index in [0.717, 1.165) is 48.8 Å². The lowest BCUT2D eigenvalue weighted by atomic mass is 9.78. The molecule has 39 heavy (non-hydrogen) atoms. The van der Waals surface area contributed by atoms with E-state index < -0.39 is 11.2 Å². The summed E-state index contributed by atoms with van der Waals surface area (Å²) in [6.45, 7) is 13.3. The summed E-state index contributed by atoms with van der Waals surface area (Å²) >= 11 is -1.23. The Morgan fingerprint density at radius 1 is 0.974 bits per heavy atom. The first kappa shape index (κ1) is 31.0. The number of nitrogens with zero attached hydrogens (tertiary/aromatic N) is 1. The normalized spacial score (nSPS) is 16.6. The zero-order chi connectivity index (χ0) is 28.8. The van der Waals surface area contributed by atoms with Crippen molar-refractivity contribution in [2.75, 3.05) is 13.1 Å². The number of hydrogen-bond donors (Lipinski definition) is 2. The van der Waals surface area contributed by atoms with Gasteiger partial charge in [-0.25, -0.2) is 0 Å². The molecule has 3 rings (SSSR count). The molecule has 0 spiro atoms. The Hall–Kier alpha value is -2.51. The number of carbonyl (C=O) groups excluding carboxylic acids is 2. The number of aryl methyl sites for hydroxylation is 1. The van der Waals surface area contributed by atoms with E-state index in [0.29, 0.717) is 18.0 Å². The summed E-state index contributed by atoms with van der Waals surface area (Å²) in [5.74, 6) is 0.493. The topological polar surface area (TPSA) is 92.7 Å². The third-order valence-corrected chi connectivity index (χ3v) is 8.93. The lowest BCUT2D eigenvalue weighted by Crippen LogP contribution is -2.59. The average molecular weight is 555 g/mol. The fourth-order valence-corrected chi connectivity index (χ4v) is 6.43. The van der Waals surface area contributed by atoms with Crippen LogP contribution in [0.5, 0.6) is 5.75 Å². The second-order valence-electron chi connectivity index (χ2n) is 12.7. The molecule has 1 heterocycles. The zero-order valence-corrected chi connectivity index (χ0v) is 25.3. The maximum absolute atomic E-state index is 12.7. The van der Waals surface area contributed by atoms with Gasteiger partial charge in [0, 0.05) is 12.1 Å². The number of β-lactam (4-membered cyclic amide) rings is 1. The number of rotatable bonds is 12. The highest BCUT2D eigenvalue weighted by Crippen LogP contribution is 2.40. The fourth-order valence-electron chi connectivity index (χ4n) is 4.91. The number of phenolic OH excluding ortho intramolecular Hbond substituents is 1. The third-order valence-electron chi connectivity index (χ3n) is 7.29. The summed E-state index contributed by atoms with van der Waals surface area (Å²) in [6.07, 6.45) is 5.17. The van der Waals surface area contributed by atoms with E-state index in [2.05, 4.69) is 59.0 Å². The molecule has 2 amide bonds. The molecular formula is C32H46N2O4S. The van der Waals surface area contributed by atoms with Crippen molar-refractivity contribution in [2.45, 2.75) is 102 Å². The Morgan fingerprint density at radius 3 is 2.13 bits per heavy atom. The number of carbonyl (C=O) groups is 2. The first-order valence-corrected chi connectivity index (χ1v) is 15.5. The molecular weight excluding hydrogens is 508 g/mol. The Morgan fingerprint density at radius 2 is 1.56 bits per heavy atom. The predicted octanol–water partition coefficient (Wildman–Crippen LogP) is 5.71. The van der Waals surface area contributed by atoms with Gasteiger partial charge < -0.3 is 15.0 Å². The summed E-state index contributed by atoms with van der Waals surface area (Å²) in [7, 11) is 0. The SMILES string of the molecule is CC(C)(C)c1cc(CCCCCCNC(=O)CN2C(=O)CC2[S+]([O-])Cc2ccccc2)cc(C(C)(C)C)c1O. The maximum atomic E-state index is 12.7. The maximum Gasteiger partial charge on any atom is 0.239 e. The van der Waals surface area contributed by atoms with Crippen LogP contribution in [-0.2, 0) is 43.8 Å². The molecule has 1 saturated heterocycles. The number of hydrogen-bond acceptors (Lipinski definition) is 4. The van der Waals surface area contributed by atoms with Gasteiger partial charge >= 0.3 is 0 Å². The number of nitrogens with one attached hydrogen (secondary N) is 1. The highest BCUT2D eigenvalue weighted by atomic mass is 32.2. The van der Waals surface area contributed by atoms with Crippen LogP contribution in [-0.4, -0.2) is 44.8 Å². The van der Waals surface area contributed by atoms with Gasteiger partial charge in [-0.3, -0.25) is 14.5 Å². The predicted molar refractivity (Wildman–Crippen MR) is 159 cm³/mol. The molecule has 2 aromatic carbocycles. The molecule has 2 aromatic rings. The zero-order valence-electron chi connectivity index (χ0n) is 24.5. The quantitative estimate of drug-likeness (QED) is 0.200. The summed E-state index contributed by atoms with van der Waals surface area (Å²) in [6, 6.07) is 13.9. The lowest BCUT2D eigenvalue weighted by Gasteiger charge is -2.39. The van der Waals surface area contributed by atoms with Crippen LogP contribution in [0.2, 0.25) is 0 Å². The van der Waals surface area contributed by atoms with E-state index in [1.54, 1.807) is 0 Å². The smallest absolute Gasteiger partial charge is 0.239 e. The summed E-state index contributed by atoms with van der Waals surface area (Å²) in [4.78, 5) is 25.9. The van der Waals surface area contributed by atoms with Crippen LogP contribution < -0.4 is 5.32 Å². The van der Waals surface area contributed by atoms with Gasteiger partial charge in [-0.2, -0.15) is 0 Å². The van der Waals surface area contributed by atoms with Crippen LogP contribution in [0, 0.1) is 0 Å². The van der Waals surface area contributed by atoms with Crippen LogP contribution in [0.3, 0.4) is 0 Å². The second kappa shape index (κ2) is 13.2. The first-order valence-electron chi connectivity index (χ1n) is 14.1. The number of aromatic hydroxyl groups is 1. The van der Waals surface area contributed by atoms with Crippen LogP contribution in [0.25, 0.3) is 0 Å². The molecule has 1 fully saturated rings. The van der Waals surface area contributed by atoms with Gasteiger partial charge in [0.25, 0.3) is 0 Å². The number of amides is 2. The van der Waals surface area contributed by atoms with Gasteiger partial charge in [0.1, 0.15) is 18.0 Å². The van der Waals surface area contributed by atoms with Crippen LogP contribution in [0.1, 0.15) is 95.9 Å².